The van der Waals surface area contributed by atoms with Gasteiger partial charge < -0.3 is 25.0 Å². The van der Waals surface area contributed by atoms with Gasteiger partial charge in [0.05, 0.1) is 24.9 Å². The van der Waals surface area contributed by atoms with Crippen LogP contribution in [-0.2, 0) is 4.79 Å². The molecule has 0 aliphatic carbocycles. The summed E-state index contributed by atoms with van der Waals surface area (Å²) in [5, 5.41) is 6.57. The third-order valence-corrected chi connectivity index (χ3v) is 5.21. The molecule has 1 fully saturated rings. The number of methoxy groups -OCH3 is 2. The fourth-order valence-corrected chi connectivity index (χ4v) is 3.51. The Kier molecular flexibility index (Phi) is 10.8. The Labute approximate surface area is 173 Å². The lowest BCUT2D eigenvalue weighted by Crippen LogP contribution is -2.36. The average molecular weight is 420 g/mol. The van der Waals surface area contributed by atoms with E-state index >= 15 is 0 Å². The number of hydrogen-bond donors (Lipinski definition) is 2. The van der Waals surface area contributed by atoms with Gasteiger partial charge in [0.25, 0.3) is 0 Å². The van der Waals surface area contributed by atoms with E-state index in [2.05, 4.69) is 15.5 Å². The summed E-state index contributed by atoms with van der Waals surface area (Å²) in [6.07, 6.45) is 4.12. The third kappa shape index (κ3) is 7.37. The van der Waals surface area contributed by atoms with E-state index in [0.29, 0.717) is 28.6 Å². The van der Waals surface area contributed by atoms with Crippen LogP contribution in [0.5, 0.6) is 11.5 Å². The molecule has 0 bridgehead atoms. The number of amides is 1. The van der Waals surface area contributed by atoms with Crippen LogP contribution in [0.2, 0.25) is 5.02 Å². The summed E-state index contributed by atoms with van der Waals surface area (Å²) < 4.78 is 10.5. The quantitative estimate of drug-likeness (QED) is 0.641. The predicted octanol–water partition coefficient (Wildman–Crippen LogP) is 3.43. The summed E-state index contributed by atoms with van der Waals surface area (Å²) in [5.74, 6) is 1.80. The van der Waals surface area contributed by atoms with E-state index in [1.807, 2.05) is 7.05 Å². The lowest BCUT2D eigenvalue weighted by atomic mass is 9.93. The number of hydrogen-bond acceptors (Lipinski definition) is 5. The molecule has 27 heavy (non-hydrogen) atoms. The number of rotatable bonds is 9. The highest BCUT2D eigenvalue weighted by Gasteiger charge is 2.19. The van der Waals surface area contributed by atoms with Gasteiger partial charge in [0.2, 0.25) is 5.91 Å². The summed E-state index contributed by atoms with van der Waals surface area (Å²) in [5.41, 5.74) is 0.574. The van der Waals surface area contributed by atoms with Gasteiger partial charge in [0.1, 0.15) is 11.5 Å². The third-order valence-electron chi connectivity index (χ3n) is 4.91. The fourth-order valence-electron chi connectivity index (χ4n) is 3.28. The lowest BCUT2D eigenvalue weighted by Gasteiger charge is -2.31. The highest BCUT2D eigenvalue weighted by molar-refractivity contribution is 6.32. The number of piperidine rings is 1. The van der Waals surface area contributed by atoms with E-state index in [4.69, 9.17) is 21.1 Å². The molecule has 1 aliphatic heterocycles. The Hall–Kier alpha value is -1.21. The van der Waals surface area contributed by atoms with Crippen molar-refractivity contribution in [1.29, 1.82) is 0 Å². The van der Waals surface area contributed by atoms with Crippen molar-refractivity contribution < 1.29 is 14.3 Å². The summed E-state index contributed by atoms with van der Waals surface area (Å²) in [6, 6.07) is 3.33. The fraction of sp³-hybridized carbons (Fsp3) is 0.632. The molecular formula is C19H31Cl2N3O3. The van der Waals surface area contributed by atoms with Crippen molar-refractivity contribution in [1.82, 2.24) is 10.2 Å². The minimum atomic E-state index is -0.0371. The molecule has 1 aliphatic rings. The molecule has 6 nitrogen and oxygen atoms in total. The van der Waals surface area contributed by atoms with E-state index in [1.165, 1.54) is 19.3 Å². The molecule has 0 radical (unpaired) electrons. The summed E-state index contributed by atoms with van der Waals surface area (Å²) >= 11 is 6.09. The van der Waals surface area contributed by atoms with Crippen LogP contribution in [0.4, 0.5) is 5.69 Å². The molecule has 154 valence electrons. The molecule has 8 heteroatoms. The molecular weight excluding hydrogens is 389 g/mol. The first-order valence-corrected chi connectivity index (χ1v) is 9.53. The van der Waals surface area contributed by atoms with Gasteiger partial charge in [-0.05, 0) is 51.9 Å². The van der Waals surface area contributed by atoms with Crippen LogP contribution in [0.15, 0.2) is 12.1 Å². The van der Waals surface area contributed by atoms with E-state index in [0.717, 1.165) is 32.1 Å². The molecule has 0 aromatic heterocycles. The number of nitrogens with zero attached hydrogens (tertiary/aromatic N) is 1. The maximum Gasteiger partial charge on any atom is 0.225 e. The monoisotopic (exact) mass is 419 g/mol. The number of likely N-dealkylation sites (tertiary alicyclic amines) is 1. The average Bonchev–Trinajstić information content (AvgIpc) is 2.66. The second-order valence-electron chi connectivity index (χ2n) is 6.66. The minimum Gasteiger partial charge on any atom is -0.495 e. The van der Waals surface area contributed by atoms with Crippen molar-refractivity contribution in [2.75, 3.05) is 52.8 Å². The van der Waals surface area contributed by atoms with Crippen molar-refractivity contribution >= 4 is 35.6 Å². The molecule has 1 amide bonds. The molecule has 0 unspecified atom stereocenters. The number of halogens is 2. The summed E-state index contributed by atoms with van der Waals surface area (Å²) in [4.78, 5) is 14.7. The lowest BCUT2D eigenvalue weighted by molar-refractivity contribution is -0.116. The molecule has 1 aromatic rings. The van der Waals surface area contributed by atoms with Crippen molar-refractivity contribution in [3.8, 4) is 11.5 Å². The maximum absolute atomic E-state index is 12.3. The van der Waals surface area contributed by atoms with Gasteiger partial charge in [-0.2, -0.15) is 0 Å². The number of benzene rings is 1. The Bertz CT molecular complexity index is 594. The molecule has 2 N–H and O–H groups in total. The van der Waals surface area contributed by atoms with E-state index in [1.54, 1.807) is 26.4 Å². The van der Waals surface area contributed by atoms with Gasteiger partial charge in [-0.3, -0.25) is 4.79 Å². The standard InChI is InChI=1S/C19H30ClN3O3.ClH/c1-21-8-4-14-5-9-23(10-6-14)11-7-19(24)22-16-13-17(25-2)15(20)12-18(16)26-3;/h12-14,21H,4-11H2,1-3H3,(H,22,24);1H. The molecule has 1 aromatic carbocycles. The number of anilines is 1. The minimum absolute atomic E-state index is 0. The maximum atomic E-state index is 12.3. The SMILES string of the molecule is CNCCC1CCN(CCC(=O)Nc2cc(OC)c(Cl)cc2OC)CC1.Cl. The van der Waals surface area contributed by atoms with E-state index in [-0.39, 0.29) is 18.3 Å². The topological polar surface area (TPSA) is 62.8 Å². The highest BCUT2D eigenvalue weighted by atomic mass is 35.5. The first kappa shape index (κ1) is 23.8. The Morgan fingerprint density at radius 2 is 1.89 bits per heavy atom. The van der Waals surface area contributed by atoms with Gasteiger partial charge in [0.15, 0.2) is 0 Å². The second kappa shape index (κ2) is 12.3. The number of carbonyl (C=O) groups is 1. The Morgan fingerprint density at radius 1 is 1.22 bits per heavy atom. The smallest absolute Gasteiger partial charge is 0.225 e. The van der Waals surface area contributed by atoms with Crippen LogP contribution in [0, 0.1) is 5.92 Å². The predicted molar refractivity (Wildman–Crippen MR) is 113 cm³/mol. The molecule has 1 heterocycles. The normalized spacial score (nSPS) is 15.1. The Balaban J connectivity index is 0.00000364. The number of carbonyl (C=O) groups excluding carboxylic acids is 1. The first-order valence-electron chi connectivity index (χ1n) is 9.15. The first-order chi connectivity index (χ1) is 12.6. The molecule has 1 saturated heterocycles. The summed E-state index contributed by atoms with van der Waals surface area (Å²) in [7, 11) is 5.09. The van der Waals surface area contributed by atoms with E-state index in [9.17, 15) is 4.79 Å². The van der Waals surface area contributed by atoms with Crippen LogP contribution in [0.25, 0.3) is 0 Å². The number of ether oxygens (including phenoxy) is 2. The summed E-state index contributed by atoms with van der Waals surface area (Å²) in [6.45, 7) is 4.00. The van der Waals surface area contributed by atoms with Gasteiger partial charge in [0, 0.05) is 25.1 Å². The molecule has 0 spiro atoms. The van der Waals surface area contributed by atoms with Crippen molar-refractivity contribution in [3.63, 3.8) is 0 Å². The largest absolute Gasteiger partial charge is 0.495 e. The number of nitrogens with one attached hydrogen (secondary N) is 2. The zero-order chi connectivity index (χ0) is 18.9. The van der Waals surface area contributed by atoms with Crippen molar-refractivity contribution in [2.45, 2.75) is 25.7 Å². The Morgan fingerprint density at radius 3 is 2.48 bits per heavy atom. The highest BCUT2D eigenvalue weighted by Crippen LogP contribution is 2.35. The van der Waals surface area contributed by atoms with Gasteiger partial charge in [-0.1, -0.05) is 11.6 Å². The van der Waals surface area contributed by atoms with Crippen LogP contribution < -0.4 is 20.1 Å². The van der Waals surface area contributed by atoms with Gasteiger partial charge in [-0.25, -0.2) is 0 Å². The van der Waals surface area contributed by atoms with Crippen LogP contribution in [-0.4, -0.2) is 58.3 Å². The van der Waals surface area contributed by atoms with E-state index < -0.39 is 0 Å². The molecule has 0 saturated carbocycles. The van der Waals surface area contributed by atoms with Crippen LogP contribution >= 0.6 is 24.0 Å². The van der Waals surface area contributed by atoms with Crippen molar-refractivity contribution in [3.05, 3.63) is 17.2 Å². The molecule has 0 atom stereocenters. The zero-order valence-corrected chi connectivity index (χ0v) is 17.9. The van der Waals surface area contributed by atoms with Crippen molar-refractivity contribution in [2.24, 2.45) is 5.92 Å². The second-order valence-corrected chi connectivity index (χ2v) is 7.07. The molecule has 2 rings (SSSR count). The van der Waals surface area contributed by atoms with Gasteiger partial charge >= 0.3 is 0 Å². The van der Waals surface area contributed by atoms with Crippen LogP contribution in [0.3, 0.4) is 0 Å². The zero-order valence-electron chi connectivity index (χ0n) is 16.3. The van der Waals surface area contributed by atoms with Crippen LogP contribution in [0.1, 0.15) is 25.7 Å². The van der Waals surface area contributed by atoms with Gasteiger partial charge in [-0.15, -0.1) is 12.4 Å².